The Hall–Kier alpha value is -3.77. The first-order chi connectivity index (χ1) is 19.0. The predicted octanol–water partition coefficient (Wildman–Crippen LogP) is 4.89. The van der Waals surface area contributed by atoms with Crippen LogP contribution in [0.25, 0.3) is 0 Å². The monoisotopic (exact) mass is 630 g/mol. The van der Waals surface area contributed by atoms with Crippen molar-refractivity contribution in [3.63, 3.8) is 0 Å². The maximum absolute atomic E-state index is 13.9. The smallest absolute Gasteiger partial charge is 0.269 e. The average Bonchev–Trinajstić information content (AvgIpc) is 2.94. The van der Waals surface area contributed by atoms with Crippen LogP contribution in [0.3, 0.4) is 0 Å². The molecule has 0 spiro atoms. The largest absolute Gasteiger partial charge is 0.354 e. The number of nitro benzene ring substituents is 1. The van der Waals surface area contributed by atoms with Crippen molar-refractivity contribution in [2.45, 2.75) is 44.2 Å². The lowest BCUT2D eigenvalue weighted by Crippen LogP contribution is -2.51. The second-order valence-corrected chi connectivity index (χ2v) is 11.8. The Morgan fingerprint density at radius 2 is 1.70 bits per heavy atom. The predicted molar refractivity (Wildman–Crippen MR) is 156 cm³/mol. The molecule has 3 rings (SSSR count). The number of non-ortho nitro benzene ring substituents is 1. The molecule has 212 valence electrons. The van der Waals surface area contributed by atoms with Crippen LogP contribution in [-0.2, 0) is 26.2 Å². The highest BCUT2D eigenvalue weighted by Gasteiger charge is 2.32. The number of sulfonamides is 1. The minimum absolute atomic E-state index is 0.0509. The van der Waals surface area contributed by atoms with E-state index in [1.807, 2.05) is 25.1 Å². The van der Waals surface area contributed by atoms with Gasteiger partial charge in [0.1, 0.15) is 12.6 Å². The van der Waals surface area contributed by atoms with Crippen LogP contribution in [0.4, 0.5) is 11.4 Å². The van der Waals surface area contributed by atoms with Crippen molar-refractivity contribution in [3.8, 4) is 0 Å². The van der Waals surface area contributed by atoms with Gasteiger partial charge in [-0.1, -0.05) is 59.6 Å². The summed E-state index contributed by atoms with van der Waals surface area (Å²) in [6.45, 7) is 3.48. The van der Waals surface area contributed by atoms with Gasteiger partial charge in [-0.15, -0.1) is 0 Å². The molecule has 0 aliphatic carbocycles. The molecular formula is C28H31BrN4O6S. The quantitative estimate of drug-likeness (QED) is 0.163. The first-order valence-electron chi connectivity index (χ1n) is 12.7. The van der Waals surface area contributed by atoms with Crippen molar-refractivity contribution in [1.82, 2.24) is 10.2 Å². The molecule has 0 radical (unpaired) electrons. The van der Waals surface area contributed by atoms with E-state index in [0.29, 0.717) is 6.54 Å². The highest BCUT2D eigenvalue weighted by molar-refractivity contribution is 9.10. The number of nitrogens with zero attached hydrogens (tertiary/aromatic N) is 3. The summed E-state index contributed by atoms with van der Waals surface area (Å²) in [6.07, 6.45) is 1.66. The van der Waals surface area contributed by atoms with E-state index in [0.717, 1.165) is 27.2 Å². The third-order valence-corrected chi connectivity index (χ3v) is 8.48. The molecule has 0 saturated heterocycles. The molecule has 0 saturated carbocycles. The average molecular weight is 632 g/mol. The van der Waals surface area contributed by atoms with Crippen molar-refractivity contribution in [1.29, 1.82) is 0 Å². The zero-order valence-electron chi connectivity index (χ0n) is 22.2. The number of hydrogen-bond acceptors (Lipinski definition) is 6. The van der Waals surface area contributed by atoms with Crippen LogP contribution in [-0.4, -0.2) is 49.2 Å². The summed E-state index contributed by atoms with van der Waals surface area (Å²) in [7, 11) is -4.25. The fraction of sp³-hybridized carbons (Fsp3) is 0.286. The molecule has 0 fully saturated rings. The summed E-state index contributed by atoms with van der Waals surface area (Å²) in [5.74, 6) is -0.972. The zero-order valence-corrected chi connectivity index (χ0v) is 24.6. The number of anilines is 1. The van der Waals surface area contributed by atoms with Gasteiger partial charge in [0.25, 0.3) is 15.7 Å². The van der Waals surface area contributed by atoms with Gasteiger partial charge in [0.05, 0.1) is 15.5 Å². The van der Waals surface area contributed by atoms with Crippen LogP contribution in [0.2, 0.25) is 0 Å². The van der Waals surface area contributed by atoms with E-state index < -0.39 is 33.4 Å². The molecule has 12 heteroatoms. The SMILES string of the molecule is CCCCNC(=O)[C@@H](C)N(Cc1cccc(Br)c1)C(=O)CN(c1ccc([N+](=O)[O-])cc1)S(=O)(=O)c1ccccc1. The summed E-state index contributed by atoms with van der Waals surface area (Å²) in [5.41, 5.74) is 0.592. The van der Waals surface area contributed by atoms with Crippen LogP contribution in [0.15, 0.2) is 88.2 Å². The number of nitrogens with one attached hydrogen (secondary N) is 1. The van der Waals surface area contributed by atoms with Crippen LogP contribution in [0.1, 0.15) is 32.3 Å². The number of hydrogen-bond donors (Lipinski definition) is 1. The number of nitro groups is 1. The van der Waals surface area contributed by atoms with Crippen LogP contribution >= 0.6 is 15.9 Å². The Morgan fingerprint density at radius 3 is 2.30 bits per heavy atom. The molecule has 0 bridgehead atoms. The number of benzene rings is 3. The molecule has 0 aliphatic heterocycles. The third-order valence-electron chi connectivity index (χ3n) is 6.20. The van der Waals surface area contributed by atoms with E-state index in [1.165, 1.54) is 41.3 Å². The van der Waals surface area contributed by atoms with Gasteiger partial charge in [-0.25, -0.2) is 8.42 Å². The van der Waals surface area contributed by atoms with E-state index in [-0.39, 0.29) is 28.7 Å². The highest BCUT2D eigenvalue weighted by atomic mass is 79.9. The summed E-state index contributed by atoms with van der Waals surface area (Å²) in [4.78, 5) is 38.7. The number of halogens is 1. The number of amides is 2. The lowest BCUT2D eigenvalue weighted by Gasteiger charge is -2.32. The van der Waals surface area contributed by atoms with E-state index in [9.17, 15) is 28.1 Å². The normalized spacial score (nSPS) is 11.9. The van der Waals surface area contributed by atoms with Crippen LogP contribution < -0.4 is 9.62 Å². The van der Waals surface area contributed by atoms with Gasteiger partial charge >= 0.3 is 0 Å². The number of carbonyl (C=O) groups is 2. The Bertz CT molecular complexity index is 1430. The number of rotatable bonds is 13. The molecule has 10 nitrogen and oxygen atoms in total. The summed E-state index contributed by atoms with van der Waals surface area (Å²) in [6, 6.07) is 18.9. The first kappa shape index (κ1) is 30.8. The van der Waals surface area contributed by atoms with Gasteiger partial charge in [-0.2, -0.15) is 0 Å². The zero-order chi connectivity index (χ0) is 29.3. The van der Waals surface area contributed by atoms with Gasteiger partial charge in [0.15, 0.2) is 0 Å². The maximum atomic E-state index is 13.9. The van der Waals surface area contributed by atoms with Gasteiger partial charge in [0, 0.05) is 29.7 Å². The van der Waals surface area contributed by atoms with E-state index in [2.05, 4.69) is 21.2 Å². The molecule has 0 heterocycles. The van der Waals surface area contributed by atoms with Crippen LogP contribution in [0.5, 0.6) is 0 Å². The Labute approximate surface area is 242 Å². The minimum Gasteiger partial charge on any atom is -0.354 e. The van der Waals surface area contributed by atoms with Gasteiger partial charge in [0.2, 0.25) is 11.8 Å². The fourth-order valence-corrected chi connectivity index (χ4v) is 5.82. The Morgan fingerprint density at radius 1 is 1.02 bits per heavy atom. The molecule has 3 aromatic rings. The van der Waals surface area contributed by atoms with Gasteiger partial charge in [-0.3, -0.25) is 24.0 Å². The topological polar surface area (TPSA) is 130 Å². The van der Waals surface area contributed by atoms with Crippen molar-refractivity contribution in [2.75, 3.05) is 17.4 Å². The molecule has 2 amide bonds. The second kappa shape index (κ2) is 14.0. The maximum Gasteiger partial charge on any atom is 0.269 e. The van der Waals surface area contributed by atoms with Crippen molar-refractivity contribution in [2.24, 2.45) is 0 Å². The Kier molecular flexibility index (Phi) is 10.8. The molecule has 3 aromatic carbocycles. The highest BCUT2D eigenvalue weighted by Crippen LogP contribution is 2.26. The third kappa shape index (κ3) is 7.89. The number of unbranched alkanes of at least 4 members (excludes halogenated alkanes) is 1. The summed E-state index contributed by atoms with van der Waals surface area (Å²) >= 11 is 3.42. The number of carbonyl (C=O) groups excluding carboxylic acids is 2. The summed E-state index contributed by atoms with van der Waals surface area (Å²) in [5, 5.41) is 14.0. The first-order valence-corrected chi connectivity index (χ1v) is 14.9. The standard InChI is InChI=1S/C28H31BrN4O6S/c1-3-4-17-30-28(35)21(2)31(19-22-9-8-10-23(29)18-22)27(34)20-32(24-13-15-25(16-14-24)33(36)37)40(38,39)26-11-6-5-7-12-26/h5-16,18,21H,3-4,17,19-20H2,1-2H3,(H,30,35)/t21-/m1/s1. The fourth-order valence-electron chi connectivity index (χ4n) is 3.94. The molecule has 0 unspecified atom stereocenters. The molecule has 0 aliphatic rings. The second-order valence-electron chi connectivity index (χ2n) is 9.07. The molecular weight excluding hydrogens is 600 g/mol. The van der Waals surface area contributed by atoms with Crippen molar-refractivity contribution >= 4 is 49.1 Å². The van der Waals surface area contributed by atoms with E-state index in [1.54, 1.807) is 31.2 Å². The van der Waals surface area contributed by atoms with E-state index in [4.69, 9.17) is 0 Å². The minimum atomic E-state index is -4.25. The molecule has 1 N–H and O–H groups in total. The van der Waals surface area contributed by atoms with Crippen molar-refractivity contribution in [3.05, 3.63) is 99.0 Å². The molecule has 1 atom stereocenters. The van der Waals surface area contributed by atoms with E-state index >= 15 is 0 Å². The van der Waals surface area contributed by atoms with Gasteiger partial charge in [-0.05, 0) is 55.3 Å². The van der Waals surface area contributed by atoms with Crippen LogP contribution in [0, 0.1) is 10.1 Å². The molecule has 0 aromatic heterocycles. The lowest BCUT2D eigenvalue weighted by molar-refractivity contribution is -0.384. The lowest BCUT2D eigenvalue weighted by atomic mass is 10.1. The molecule has 40 heavy (non-hydrogen) atoms. The van der Waals surface area contributed by atoms with Gasteiger partial charge < -0.3 is 10.2 Å². The Balaban J connectivity index is 2.01. The van der Waals surface area contributed by atoms with Crippen molar-refractivity contribution < 1.29 is 22.9 Å². The summed E-state index contributed by atoms with van der Waals surface area (Å²) < 4.78 is 29.1.